The second-order valence-corrected chi connectivity index (χ2v) is 6.45. The zero-order chi connectivity index (χ0) is 17.7. The molecule has 0 saturated carbocycles. The molecule has 0 radical (unpaired) electrons. The van der Waals surface area contributed by atoms with Gasteiger partial charge in [0.2, 0.25) is 5.91 Å². The minimum Gasteiger partial charge on any atom is -0.354 e. The van der Waals surface area contributed by atoms with Crippen molar-refractivity contribution < 1.29 is 4.79 Å². The first-order valence-electron chi connectivity index (χ1n) is 7.77. The number of benzene rings is 1. The highest BCUT2D eigenvalue weighted by Crippen LogP contribution is 2.21. The fourth-order valence-corrected chi connectivity index (χ4v) is 2.45. The SMILES string of the molecule is Cc1ccn(CC(=O)NCC(C)(C)c2ccccc2)c(=O)c1C#N. The number of hydrogen-bond donors (Lipinski definition) is 1. The van der Waals surface area contributed by atoms with Gasteiger partial charge < -0.3 is 9.88 Å². The summed E-state index contributed by atoms with van der Waals surface area (Å²) in [5, 5.41) is 11.9. The monoisotopic (exact) mass is 323 g/mol. The topological polar surface area (TPSA) is 74.9 Å². The lowest BCUT2D eigenvalue weighted by atomic mass is 9.84. The van der Waals surface area contributed by atoms with E-state index >= 15 is 0 Å². The van der Waals surface area contributed by atoms with E-state index in [1.165, 1.54) is 4.57 Å². The number of aromatic nitrogens is 1. The third kappa shape index (κ3) is 3.90. The van der Waals surface area contributed by atoms with Gasteiger partial charge in [-0.3, -0.25) is 9.59 Å². The minimum atomic E-state index is -0.435. The molecule has 0 unspecified atom stereocenters. The summed E-state index contributed by atoms with van der Waals surface area (Å²) >= 11 is 0. The van der Waals surface area contributed by atoms with Crippen LogP contribution in [0.3, 0.4) is 0 Å². The maximum absolute atomic E-state index is 12.2. The highest BCUT2D eigenvalue weighted by Gasteiger charge is 2.21. The molecule has 0 aliphatic rings. The third-order valence-corrected chi connectivity index (χ3v) is 4.08. The van der Waals surface area contributed by atoms with Crippen LogP contribution in [0.4, 0.5) is 0 Å². The number of nitrogens with zero attached hydrogens (tertiary/aromatic N) is 2. The number of hydrogen-bond acceptors (Lipinski definition) is 3. The molecule has 1 N–H and O–H groups in total. The summed E-state index contributed by atoms with van der Waals surface area (Å²) in [5.41, 5.74) is 1.17. The van der Waals surface area contributed by atoms with Crippen molar-refractivity contribution in [3.8, 4) is 6.07 Å². The summed E-state index contributed by atoms with van der Waals surface area (Å²) in [6.45, 7) is 6.16. The average molecular weight is 323 g/mol. The zero-order valence-electron chi connectivity index (χ0n) is 14.2. The van der Waals surface area contributed by atoms with Crippen molar-refractivity contribution in [1.82, 2.24) is 9.88 Å². The van der Waals surface area contributed by atoms with Crippen LogP contribution in [0.15, 0.2) is 47.4 Å². The molecule has 1 amide bonds. The highest BCUT2D eigenvalue weighted by atomic mass is 16.2. The molecule has 1 heterocycles. The van der Waals surface area contributed by atoms with Gasteiger partial charge in [0, 0.05) is 18.2 Å². The van der Waals surface area contributed by atoms with Gasteiger partial charge in [0.15, 0.2) is 0 Å². The molecule has 2 rings (SSSR count). The standard InChI is InChI=1S/C19H21N3O2/c1-14-9-10-22(18(24)16(14)11-20)12-17(23)21-13-19(2,3)15-7-5-4-6-8-15/h4-10H,12-13H2,1-3H3,(H,21,23). The summed E-state index contributed by atoms with van der Waals surface area (Å²) < 4.78 is 1.26. The Bertz CT molecular complexity index is 830. The van der Waals surface area contributed by atoms with E-state index in [1.807, 2.05) is 36.4 Å². The predicted octanol–water partition coefficient (Wildman–Crippen LogP) is 2.12. The second-order valence-electron chi connectivity index (χ2n) is 6.45. The van der Waals surface area contributed by atoms with Crippen LogP contribution >= 0.6 is 0 Å². The van der Waals surface area contributed by atoms with Gasteiger partial charge in [-0.15, -0.1) is 0 Å². The molecular weight excluding hydrogens is 302 g/mol. The summed E-state index contributed by atoms with van der Waals surface area (Å²) in [6.07, 6.45) is 1.54. The minimum absolute atomic E-state index is 0.0786. The average Bonchev–Trinajstić information content (AvgIpc) is 2.57. The van der Waals surface area contributed by atoms with Crippen molar-refractivity contribution in [3.63, 3.8) is 0 Å². The summed E-state index contributed by atoms with van der Waals surface area (Å²) in [7, 11) is 0. The Morgan fingerprint density at radius 2 is 1.92 bits per heavy atom. The van der Waals surface area contributed by atoms with E-state index in [0.29, 0.717) is 12.1 Å². The van der Waals surface area contributed by atoms with Crippen LogP contribution in [0.2, 0.25) is 0 Å². The van der Waals surface area contributed by atoms with E-state index in [4.69, 9.17) is 5.26 Å². The number of carbonyl (C=O) groups excluding carboxylic acids is 1. The number of nitriles is 1. The number of amides is 1. The first-order chi connectivity index (χ1) is 11.3. The second kappa shape index (κ2) is 7.14. The fourth-order valence-electron chi connectivity index (χ4n) is 2.45. The van der Waals surface area contributed by atoms with Gasteiger partial charge in [-0.05, 0) is 24.1 Å². The maximum Gasteiger partial charge on any atom is 0.269 e. The van der Waals surface area contributed by atoms with Gasteiger partial charge in [-0.1, -0.05) is 44.2 Å². The molecular formula is C19H21N3O2. The Kier molecular flexibility index (Phi) is 5.20. The molecule has 0 spiro atoms. The highest BCUT2D eigenvalue weighted by molar-refractivity contribution is 5.75. The molecule has 0 saturated heterocycles. The van der Waals surface area contributed by atoms with Gasteiger partial charge in [0.1, 0.15) is 18.2 Å². The molecule has 5 nitrogen and oxygen atoms in total. The largest absolute Gasteiger partial charge is 0.354 e. The number of rotatable bonds is 5. The van der Waals surface area contributed by atoms with Crippen molar-refractivity contribution in [2.75, 3.05) is 6.54 Å². The van der Waals surface area contributed by atoms with Crippen molar-refractivity contribution in [2.24, 2.45) is 0 Å². The van der Waals surface area contributed by atoms with Gasteiger partial charge in [-0.2, -0.15) is 5.26 Å². The van der Waals surface area contributed by atoms with Crippen molar-refractivity contribution in [1.29, 1.82) is 5.26 Å². The molecule has 2 aromatic rings. The molecule has 24 heavy (non-hydrogen) atoms. The summed E-state index contributed by atoms with van der Waals surface area (Å²) in [4.78, 5) is 24.3. The first-order valence-corrected chi connectivity index (χ1v) is 7.77. The van der Waals surface area contributed by atoms with Crippen LogP contribution in [-0.2, 0) is 16.8 Å². The molecule has 0 bridgehead atoms. The zero-order valence-corrected chi connectivity index (χ0v) is 14.2. The van der Waals surface area contributed by atoms with E-state index < -0.39 is 5.56 Å². The van der Waals surface area contributed by atoms with E-state index in [0.717, 1.165) is 5.56 Å². The summed E-state index contributed by atoms with van der Waals surface area (Å²) in [6, 6.07) is 13.5. The molecule has 124 valence electrons. The van der Waals surface area contributed by atoms with Crippen LogP contribution in [0, 0.1) is 18.3 Å². The quantitative estimate of drug-likeness (QED) is 0.916. The first kappa shape index (κ1) is 17.5. The Hall–Kier alpha value is -2.87. The van der Waals surface area contributed by atoms with E-state index in [2.05, 4.69) is 19.2 Å². The van der Waals surface area contributed by atoms with Gasteiger partial charge >= 0.3 is 0 Å². The van der Waals surface area contributed by atoms with Crippen LogP contribution in [0.25, 0.3) is 0 Å². The molecule has 1 aromatic carbocycles. The summed E-state index contributed by atoms with van der Waals surface area (Å²) in [5.74, 6) is -0.256. The van der Waals surface area contributed by atoms with Crippen LogP contribution in [0.5, 0.6) is 0 Å². The Balaban J connectivity index is 2.05. The Morgan fingerprint density at radius 3 is 2.54 bits per heavy atom. The fraction of sp³-hybridized carbons (Fsp3) is 0.316. The van der Waals surface area contributed by atoms with E-state index in [1.54, 1.807) is 19.2 Å². The van der Waals surface area contributed by atoms with E-state index in [9.17, 15) is 9.59 Å². The van der Waals surface area contributed by atoms with Crippen LogP contribution in [0.1, 0.15) is 30.5 Å². The van der Waals surface area contributed by atoms with Crippen LogP contribution in [-0.4, -0.2) is 17.0 Å². The Labute approximate surface area is 141 Å². The van der Waals surface area contributed by atoms with Gasteiger partial charge in [0.25, 0.3) is 5.56 Å². The number of pyridine rings is 1. The molecule has 0 aliphatic heterocycles. The van der Waals surface area contributed by atoms with Gasteiger partial charge in [-0.25, -0.2) is 0 Å². The number of aryl methyl sites for hydroxylation is 1. The molecule has 0 aliphatic carbocycles. The normalized spacial score (nSPS) is 10.9. The van der Waals surface area contributed by atoms with E-state index in [-0.39, 0.29) is 23.4 Å². The molecule has 0 fully saturated rings. The lowest BCUT2D eigenvalue weighted by Crippen LogP contribution is -2.39. The molecule has 1 aromatic heterocycles. The smallest absolute Gasteiger partial charge is 0.269 e. The maximum atomic E-state index is 12.2. The molecule has 0 atom stereocenters. The van der Waals surface area contributed by atoms with Crippen molar-refractivity contribution in [2.45, 2.75) is 32.7 Å². The molecule has 5 heteroatoms. The third-order valence-electron chi connectivity index (χ3n) is 4.08. The number of nitrogens with one attached hydrogen (secondary N) is 1. The van der Waals surface area contributed by atoms with Crippen molar-refractivity contribution >= 4 is 5.91 Å². The Morgan fingerprint density at radius 1 is 1.25 bits per heavy atom. The van der Waals surface area contributed by atoms with Crippen molar-refractivity contribution in [3.05, 3.63) is 69.6 Å². The lowest BCUT2D eigenvalue weighted by molar-refractivity contribution is -0.121. The predicted molar refractivity (Wildman–Crippen MR) is 92.6 cm³/mol. The number of carbonyl (C=O) groups is 1. The lowest BCUT2D eigenvalue weighted by Gasteiger charge is -2.25. The van der Waals surface area contributed by atoms with Crippen LogP contribution < -0.4 is 10.9 Å². The van der Waals surface area contributed by atoms with Gasteiger partial charge in [0.05, 0.1) is 0 Å².